The van der Waals surface area contributed by atoms with Crippen molar-refractivity contribution in [2.24, 2.45) is 0 Å². The second kappa shape index (κ2) is 3.64. The van der Waals surface area contributed by atoms with Crippen molar-refractivity contribution in [1.82, 2.24) is 4.98 Å². The number of aromatic nitrogens is 1. The molecule has 4 heteroatoms. The van der Waals surface area contributed by atoms with Crippen molar-refractivity contribution in [3.63, 3.8) is 0 Å². The van der Waals surface area contributed by atoms with Crippen LogP contribution < -0.4 is 4.74 Å². The molecular weight excluding hydrogens is 234 g/mol. The van der Waals surface area contributed by atoms with Crippen LogP contribution in [0.5, 0.6) is 5.75 Å². The largest absolute Gasteiger partial charge is 0.497 e. The molecular formula is C9H12BrNO2. The molecule has 1 heterocycles. The van der Waals surface area contributed by atoms with Crippen LogP contribution in [0.3, 0.4) is 0 Å². The summed E-state index contributed by atoms with van der Waals surface area (Å²) in [6.07, 6.45) is 0. The van der Waals surface area contributed by atoms with Gasteiger partial charge in [-0.25, -0.2) is 4.98 Å². The highest BCUT2D eigenvalue weighted by atomic mass is 79.9. The monoisotopic (exact) mass is 245 g/mol. The molecule has 3 nitrogen and oxygen atoms in total. The van der Waals surface area contributed by atoms with Gasteiger partial charge in [-0.05, 0) is 29.8 Å². The first kappa shape index (κ1) is 10.5. The van der Waals surface area contributed by atoms with Crippen molar-refractivity contribution >= 4 is 15.9 Å². The molecule has 0 aliphatic heterocycles. The first-order chi connectivity index (χ1) is 5.93. The molecule has 0 aliphatic carbocycles. The zero-order valence-corrected chi connectivity index (χ0v) is 9.42. The Hall–Kier alpha value is -0.610. The van der Waals surface area contributed by atoms with E-state index in [1.165, 1.54) is 0 Å². The zero-order valence-electron chi connectivity index (χ0n) is 7.84. The van der Waals surface area contributed by atoms with E-state index in [1.807, 2.05) is 0 Å². The lowest BCUT2D eigenvalue weighted by atomic mass is 10.1. The smallest absolute Gasteiger partial charge is 0.123 e. The number of aliphatic hydroxyl groups is 1. The van der Waals surface area contributed by atoms with Crippen LogP contribution in [0.1, 0.15) is 19.5 Å². The normalized spacial score (nSPS) is 11.5. The molecule has 1 aromatic rings. The summed E-state index contributed by atoms with van der Waals surface area (Å²) in [5.41, 5.74) is -0.365. The minimum absolute atomic E-state index is 0.582. The second-order valence-corrected chi connectivity index (χ2v) is 4.09. The van der Waals surface area contributed by atoms with Crippen LogP contribution in [0.15, 0.2) is 16.7 Å². The molecule has 1 rings (SSSR count). The number of halogens is 1. The Morgan fingerprint density at radius 2 is 2.08 bits per heavy atom. The van der Waals surface area contributed by atoms with Crippen molar-refractivity contribution in [2.45, 2.75) is 19.4 Å². The third-order valence-electron chi connectivity index (χ3n) is 1.63. The lowest BCUT2D eigenvalue weighted by Crippen LogP contribution is -2.17. The number of nitrogens with zero attached hydrogens (tertiary/aromatic N) is 1. The molecule has 1 N–H and O–H groups in total. The number of hydrogen-bond donors (Lipinski definition) is 1. The number of pyridine rings is 1. The topological polar surface area (TPSA) is 42.4 Å². The van der Waals surface area contributed by atoms with E-state index in [2.05, 4.69) is 20.9 Å². The Bertz CT molecular complexity index is 307. The predicted molar refractivity (Wildman–Crippen MR) is 53.7 cm³/mol. The SMILES string of the molecule is COc1cc(Br)nc(C(C)(C)O)c1. The van der Waals surface area contributed by atoms with Gasteiger partial charge in [-0.3, -0.25) is 0 Å². The lowest BCUT2D eigenvalue weighted by Gasteiger charge is -2.17. The Labute approximate surface area is 85.9 Å². The van der Waals surface area contributed by atoms with Gasteiger partial charge in [0.15, 0.2) is 0 Å². The Morgan fingerprint density at radius 3 is 2.54 bits per heavy atom. The van der Waals surface area contributed by atoms with E-state index < -0.39 is 5.60 Å². The average molecular weight is 246 g/mol. The minimum atomic E-state index is -0.947. The standard InChI is InChI=1S/C9H12BrNO2/c1-9(2,12)7-4-6(13-3)5-8(10)11-7/h4-5,12H,1-3H3. The Kier molecular flexibility index (Phi) is 2.93. The molecule has 0 radical (unpaired) electrons. The summed E-state index contributed by atoms with van der Waals surface area (Å²) in [5.74, 6) is 0.680. The number of methoxy groups -OCH3 is 1. The summed E-state index contributed by atoms with van der Waals surface area (Å²) in [5, 5.41) is 9.69. The lowest BCUT2D eigenvalue weighted by molar-refractivity contribution is 0.0734. The minimum Gasteiger partial charge on any atom is -0.497 e. The van der Waals surface area contributed by atoms with Crippen LogP contribution in [0.4, 0.5) is 0 Å². The molecule has 0 aromatic carbocycles. The van der Waals surface area contributed by atoms with E-state index in [0.29, 0.717) is 16.0 Å². The van der Waals surface area contributed by atoms with Crippen molar-refractivity contribution in [3.05, 3.63) is 22.4 Å². The molecule has 0 fully saturated rings. The van der Waals surface area contributed by atoms with Crippen LogP contribution >= 0.6 is 15.9 Å². The fourth-order valence-electron chi connectivity index (χ4n) is 0.905. The third kappa shape index (κ3) is 2.67. The third-order valence-corrected chi connectivity index (χ3v) is 2.04. The van der Waals surface area contributed by atoms with Gasteiger partial charge in [-0.2, -0.15) is 0 Å². The van der Waals surface area contributed by atoms with Crippen molar-refractivity contribution in [3.8, 4) is 5.75 Å². The molecule has 0 amide bonds. The number of rotatable bonds is 2. The van der Waals surface area contributed by atoms with Crippen LogP contribution in [0.2, 0.25) is 0 Å². The van der Waals surface area contributed by atoms with Crippen LogP contribution in [0, 0.1) is 0 Å². The first-order valence-electron chi connectivity index (χ1n) is 3.88. The van der Waals surface area contributed by atoms with Crippen LogP contribution in [-0.2, 0) is 5.60 Å². The maximum absolute atomic E-state index is 9.69. The van der Waals surface area contributed by atoms with Gasteiger partial charge in [0.2, 0.25) is 0 Å². The van der Waals surface area contributed by atoms with Crippen LogP contribution in [0.25, 0.3) is 0 Å². The summed E-state index contributed by atoms with van der Waals surface area (Å²) in [6.45, 7) is 3.36. The Balaban J connectivity index is 3.16. The van der Waals surface area contributed by atoms with E-state index >= 15 is 0 Å². The van der Waals surface area contributed by atoms with E-state index in [4.69, 9.17) is 4.74 Å². The number of hydrogen-bond acceptors (Lipinski definition) is 3. The van der Waals surface area contributed by atoms with Gasteiger partial charge < -0.3 is 9.84 Å². The van der Waals surface area contributed by atoms with Crippen LogP contribution in [-0.4, -0.2) is 17.2 Å². The highest BCUT2D eigenvalue weighted by Crippen LogP contribution is 2.24. The van der Waals surface area contributed by atoms with Gasteiger partial charge in [0, 0.05) is 12.1 Å². The van der Waals surface area contributed by atoms with Gasteiger partial charge >= 0.3 is 0 Å². The molecule has 0 saturated carbocycles. The number of ether oxygens (including phenoxy) is 1. The van der Waals surface area contributed by atoms with E-state index in [1.54, 1.807) is 33.1 Å². The molecule has 0 unspecified atom stereocenters. The maximum atomic E-state index is 9.69. The van der Waals surface area contributed by atoms with Gasteiger partial charge in [-0.1, -0.05) is 0 Å². The molecule has 0 aliphatic rings. The molecule has 0 atom stereocenters. The van der Waals surface area contributed by atoms with Gasteiger partial charge in [-0.15, -0.1) is 0 Å². The highest BCUT2D eigenvalue weighted by Gasteiger charge is 2.18. The maximum Gasteiger partial charge on any atom is 0.123 e. The van der Waals surface area contributed by atoms with Gasteiger partial charge in [0.05, 0.1) is 12.8 Å². The van der Waals surface area contributed by atoms with E-state index in [0.717, 1.165) is 0 Å². The second-order valence-electron chi connectivity index (χ2n) is 3.27. The fraction of sp³-hybridized carbons (Fsp3) is 0.444. The summed E-state index contributed by atoms with van der Waals surface area (Å²) in [7, 11) is 1.58. The van der Waals surface area contributed by atoms with Crippen molar-refractivity contribution in [2.75, 3.05) is 7.11 Å². The van der Waals surface area contributed by atoms with Gasteiger partial charge in [0.25, 0.3) is 0 Å². The summed E-state index contributed by atoms with van der Waals surface area (Å²) < 4.78 is 5.71. The van der Waals surface area contributed by atoms with E-state index in [-0.39, 0.29) is 0 Å². The summed E-state index contributed by atoms with van der Waals surface area (Å²) in [4.78, 5) is 4.14. The molecule has 0 spiro atoms. The zero-order chi connectivity index (χ0) is 10.1. The molecule has 72 valence electrons. The molecule has 0 bridgehead atoms. The summed E-state index contributed by atoms with van der Waals surface area (Å²) in [6, 6.07) is 3.46. The highest BCUT2D eigenvalue weighted by molar-refractivity contribution is 9.10. The van der Waals surface area contributed by atoms with Crippen molar-refractivity contribution in [1.29, 1.82) is 0 Å². The quantitative estimate of drug-likeness (QED) is 0.812. The van der Waals surface area contributed by atoms with E-state index in [9.17, 15) is 5.11 Å². The van der Waals surface area contributed by atoms with Crippen molar-refractivity contribution < 1.29 is 9.84 Å². The van der Waals surface area contributed by atoms with Gasteiger partial charge in [0.1, 0.15) is 16.0 Å². The molecule has 13 heavy (non-hydrogen) atoms. The summed E-state index contributed by atoms with van der Waals surface area (Å²) >= 11 is 3.24. The fourth-order valence-corrected chi connectivity index (χ4v) is 1.32. The predicted octanol–water partition coefficient (Wildman–Crippen LogP) is 2.08. The average Bonchev–Trinajstić information content (AvgIpc) is 2.01. The Morgan fingerprint density at radius 1 is 1.46 bits per heavy atom. The molecule has 0 saturated heterocycles. The first-order valence-corrected chi connectivity index (χ1v) is 4.67. The molecule has 1 aromatic heterocycles.